The van der Waals surface area contributed by atoms with Crippen molar-refractivity contribution in [2.75, 3.05) is 20.7 Å². The maximum absolute atomic E-state index is 11.7. The second kappa shape index (κ2) is 7.71. The molecule has 0 aromatic heterocycles. The number of benzene rings is 1. The second-order valence-electron chi connectivity index (χ2n) is 4.27. The number of methoxy groups -OCH3 is 1. The highest BCUT2D eigenvalue weighted by Crippen LogP contribution is 2.18. The van der Waals surface area contributed by atoms with Gasteiger partial charge in [0.1, 0.15) is 5.75 Å². The Morgan fingerprint density at radius 3 is 2.89 bits per heavy atom. The van der Waals surface area contributed by atoms with Crippen molar-refractivity contribution in [3.8, 4) is 5.75 Å². The first-order valence-electron chi connectivity index (χ1n) is 6.25. The Labute approximate surface area is 109 Å². The molecule has 1 aromatic rings. The van der Waals surface area contributed by atoms with Crippen molar-refractivity contribution < 1.29 is 9.53 Å². The van der Waals surface area contributed by atoms with Crippen LogP contribution in [0.1, 0.15) is 31.4 Å². The monoisotopic (exact) mass is 250 g/mol. The molecule has 1 aromatic carbocycles. The van der Waals surface area contributed by atoms with Gasteiger partial charge in [-0.3, -0.25) is 4.79 Å². The molecule has 2 N–H and O–H groups in total. The Kier molecular flexibility index (Phi) is 6.22. The molecule has 100 valence electrons. The highest BCUT2D eigenvalue weighted by Gasteiger charge is 2.09. The van der Waals surface area contributed by atoms with Crippen LogP contribution in [0.15, 0.2) is 24.3 Å². The molecule has 4 heteroatoms. The number of carbonyl (C=O) groups excluding carboxylic acids is 1. The number of ether oxygens (including phenoxy) is 1. The lowest BCUT2D eigenvalue weighted by atomic mass is 10.1. The van der Waals surface area contributed by atoms with Gasteiger partial charge in [0.15, 0.2) is 0 Å². The predicted octanol–water partition coefficient (Wildman–Crippen LogP) is 1.87. The van der Waals surface area contributed by atoms with E-state index in [1.807, 2.05) is 38.2 Å². The third kappa shape index (κ3) is 4.75. The Bertz CT molecular complexity index is 380. The SMILES string of the molecule is CNCCCC(=O)N[C@H](C)c1cccc(OC)c1. The molecule has 0 spiro atoms. The van der Waals surface area contributed by atoms with Crippen LogP contribution < -0.4 is 15.4 Å². The van der Waals surface area contributed by atoms with Crippen LogP contribution in [0.25, 0.3) is 0 Å². The first kappa shape index (κ1) is 14.5. The fourth-order valence-corrected chi connectivity index (χ4v) is 1.73. The summed E-state index contributed by atoms with van der Waals surface area (Å²) in [6, 6.07) is 7.75. The van der Waals surface area contributed by atoms with E-state index < -0.39 is 0 Å². The highest BCUT2D eigenvalue weighted by atomic mass is 16.5. The van der Waals surface area contributed by atoms with Gasteiger partial charge in [-0.15, -0.1) is 0 Å². The van der Waals surface area contributed by atoms with Gasteiger partial charge in [0.2, 0.25) is 5.91 Å². The largest absolute Gasteiger partial charge is 0.497 e. The Hall–Kier alpha value is -1.55. The zero-order valence-corrected chi connectivity index (χ0v) is 11.3. The van der Waals surface area contributed by atoms with Gasteiger partial charge in [-0.05, 0) is 44.6 Å². The Balaban J connectivity index is 2.48. The molecule has 1 rings (SSSR count). The molecule has 0 aliphatic rings. The molecule has 0 saturated heterocycles. The molecular formula is C14H22N2O2. The number of carbonyl (C=O) groups is 1. The molecule has 18 heavy (non-hydrogen) atoms. The van der Waals surface area contributed by atoms with Crippen LogP contribution in [-0.4, -0.2) is 26.6 Å². The molecule has 0 heterocycles. The second-order valence-corrected chi connectivity index (χ2v) is 4.27. The van der Waals surface area contributed by atoms with Gasteiger partial charge in [0.05, 0.1) is 13.2 Å². The van der Waals surface area contributed by atoms with Gasteiger partial charge < -0.3 is 15.4 Å². The van der Waals surface area contributed by atoms with Gasteiger partial charge in [-0.1, -0.05) is 12.1 Å². The summed E-state index contributed by atoms with van der Waals surface area (Å²) in [6.45, 7) is 2.84. The molecule has 0 bridgehead atoms. The van der Waals surface area contributed by atoms with Crippen molar-refractivity contribution in [1.29, 1.82) is 0 Å². The van der Waals surface area contributed by atoms with Crippen molar-refractivity contribution >= 4 is 5.91 Å². The van der Waals surface area contributed by atoms with Crippen LogP contribution in [-0.2, 0) is 4.79 Å². The minimum Gasteiger partial charge on any atom is -0.497 e. The summed E-state index contributed by atoms with van der Waals surface area (Å²) in [7, 11) is 3.52. The van der Waals surface area contributed by atoms with Crippen LogP contribution in [0.4, 0.5) is 0 Å². The Morgan fingerprint density at radius 2 is 2.22 bits per heavy atom. The topological polar surface area (TPSA) is 50.4 Å². The van der Waals surface area contributed by atoms with E-state index in [1.54, 1.807) is 7.11 Å². The van der Waals surface area contributed by atoms with E-state index in [0.717, 1.165) is 24.3 Å². The van der Waals surface area contributed by atoms with Crippen LogP contribution in [0.5, 0.6) is 5.75 Å². The van der Waals surface area contributed by atoms with E-state index in [-0.39, 0.29) is 11.9 Å². The lowest BCUT2D eigenvalue weighted by Gasteiger charge is -2.15. The van der Waals surface area contributed by atoms with Crippen molar-refractivity contribution in [3.05, 3.63) is 29.8 Å². The van der Waals surface area contributed by atoms with Gasteiger partial charge in [-0.2, -0.15) is 0 Å². The standard InChI is InChI=1S/C14H22N2O2/c1-11(16-14(17)8-5-9-15-2)12-6-4-7-13(10-12)18-3/h4,6-7,10-11,15H,5,8-9H2,1-3H3,(H,16,17)/t11-/m1/s1. The van der Waals surface area contributed by atoms with Gasteiger partial charge in [0.25, 0.3) is 0 Å². The van der Waals surface area contributed by atoms with Crippen LogP contribution in [0.3, 0.4) is 0 Å². The molecular weight excluding hydrogens is 228 g/mol. The fourth-order valence-electron chi connectivity index (χ4n) is 1.73. The van der Waals surface area contributed by atoms with Gasteiger partial charge >= 0.3 is 0 Å². The van der Waals surface area contributed by atoms with Crippen LogP contribution in [0.2, 0.25) is 0 Å². The first-order valence-corrected chi connectivity index (χ1v) is 6.25. The quantitative estimate of drug-likeness (QED) is 0.726. The molecule has 0 fully saturated rings. The van der Waals surface area contributed by atoms with E-state index in [0.29, 0.717) is 6.42 Å². The van der Waals surface area contributed by atoms with E-state index in [2.05, 4.69) is 10.6 Å². The normalized spacial score (nSPS) is 11.9. The minimum atomic E-state index is 0.00202. The molecule has 0 aliphatic carbocycles. The summed E-state index contributed by atoms with van der Waals surface area (Å²) in [5.41, 5.74) is 1.05. The van der Waals surface area contributed by atoms with Crippen molar-refractivity contribution in [2.24, 2.45) is 0 Å². The highest BCUT2D eigenvalue weighted by molar-refractivity contribution is 5.76. The van der Waals surface area contributed by atoms with Gasteiger partial charge in [0, 0.05) is 6.42 Å². The van der Waals surface area contributed by atoms with Crippen LogP contribution >= 0.6 is 0 Å². The smallest absolute Gasteiger partial charge is 0.220 e. The van der Waals surface area contributed by atoms with E-state index >= 15 is 0 Å². The number of amides is 1. The molecule has 1 amide bonds. The average Bonchev–Trinajstić information content (AvgIpc) is 2.39. The zero-order valence-electron chi connectivity index (χ0n) is 11.3. The summed E-state index contributed by atoms with van der Waals surface area (Å²) < 4.78 is 5.17. The molecule has 0 saturated carbocycles. The third-order valence-corrected chi connectivity index (χ3v) is 2.80. The van der Waals surface area contributed by atoms with Crippen molar-refractivity contribution in [2.45, 2.75) is 25.8 Å². The number of hydrogen-bond donors (Lipinski definition) is 2. The van der Waals surface area contributed by atoms with Crippen molar-refractivity contribution in [1.82, 2.24) is 10.6 Å². The first-order chi connectivity index (χ1) is 8.67. The summed E-state index contributed by atoms with van der Waals surface area (Å²) in [4.78, 5) is 11.7. The average molecular weight is 250 g/mol. The molecule has 0 aliphatic heterocycles. The number of rotatable bonds is 7. The minimum absolute atomic E-state index is 0.00202. The summed E-state index contributed by atoms with van der Waals surface area (Å²) >= 11 is 0. The fraction of sp³-hybridized carbons (Fsp3) is 0.500. The van der Waals surface area contributed by atoms with E-state index in [1.165, 1.54) is 0 Å². The van der Waals surface area contributed by atoms with E-state index in [4.69, 9.17) is 4.74 Å². The Morgan fingerprint density at radius 1 is 1.44 bits per heavy atom. The molecule has 0 radical (unpaired) electrons. The van der Waals surface area contributed by atoms with Crippen molar-refractivity contribution in [3.63, 3.8) is 0 Å². The van der Waals surface area contributed by atoms with E-state index in [9.17, 15) is 4.79 Å². The summed E-state index contributed by atoms with van der Waals surface area (Å²) in [5, 5.41) is 6.01. The predicted molar refractivity (Wildman–Crippen MR) is 72.7 cm³/mol. The molecule has 4 nitrogen and oxygen atoms in total. The number of nitrogens with one attached hydrogen (secondary N) is 2. The zero-order chi connectivity index (χ0) is 13.4. The molecule has 1 atom stereocenters. The number of hydrogen-bond acceptors (Lipinski definition) is 3. The maximum atomic E-state index is 11.7. The third-order valence-electron chi connectivity index (χ3n) is 2.80. The summed E-state index contributed by atoms with van der Waals surface area (Å²) in [5.74, 6) is 0.893. The van der Waals surface area contributed by atoms with Crippen LogP contribution in [0, 0.1) is 0 Å². The lowest BCUT2D eigenvalue weighted by Crippen LogP contribution is -2.27. The molecule has 0 unspecified atom stereocenters. The van der Waals surface area contributed by atoms with Gasteiger partial charge in [-0.25, -0.2) is 0 Å². The maximum Gasteiger partial charge on any atom is 0.220 e. The lowest BCUT2D eigenvalue weighted by molar-refractivity contribution is -0.121. The summed E-state index contributed by atoms with van der Waals surface area (Å²) in [6.07, 6.45) is 1.41.